The van der Waals surface area contributed by atoms with E-state index in [0.29, 0.717) is 32.4 Å². The summed E-state index contributed by atoms with van der Waals surface area (Å²) in [5.74, 6) is -0.208. The highest BCUT2D eigenvalue weighted by Crippen LogP contribution is 2.38. The largest absolute Gasteiger partial charge is 0.370 e. The quantitative estimate of drug-likeness (QED) is 0.261. The number of aromatic nitrogens is 1. The van der Waals surface area contributed by atoms with Crippen molar-refractivity contribution >= 4 is 75.4 Å². The summed E-state index contributed by atoms with van der Waals surface area (Å²) in [7, 11) is 0. The zero-order valence-electron chi connectivity index (χ0n) is 18.7. The molecule has 0 saturated carbocycles. The van der Waals surface area contributed by atoms with Crippen LogP contribution in [-0.2, 0) is 0 Å². The summed E-state index contributed by atoms with van der Waals surface area (Å²) in [6, 6.07) is 20.7. The summed E-state index contributed by atoms with van der Waals surface area (Å²) in [5, 5.41) is 4.83. The molecule has 180 valence electrons. The number of hydrogen-bond donors (Lipinski definition) is 1. The summed E-state index contributed by atoms with van der Waals surface area (Å²) in [6.45, 7) is 1.98. The molecule has 0 unspecified atom stereocenters. The predicted molar refractivity (Wildman–Crippen MR) is 150 cm³/mol. The van der Waals surface area contributed by atoms with Gasteiger partial charge >= 0.3 is 0 Å². The lowest BCUT2D eigenvalue weighted by molar-refractivity contribution is 0.102. The van der Waals surface area contributed by atoms with Crippen LogP contribution in [0.3, 0.4) is 0 Å². The zero-order chi connectivity index (χ0) is 23.7. The van der Waals surface area contributed by atoms with Crippen LogP contribution in [0.15, 0.2) is 66.7 Å². The first kappa shape index (κ1) is 25.6. The first-order valence-electron chi connectivity index (χ1n) is 11.2. The molecule has 0 bridgehead atoms. The van der Waals surface area contributed by atoms with Crippen molar-refractivity contribution in [1.82, 2.24) is 4.98 Å². The number of amides is 1. The Balaban J connectivity index is 0.00000289. The van der Waals surface area contributed by atoms with Gasteiger partial charge in [-0.2, -0.15) is 0 Å². The van der Waals surface area contributed by atoms with E-state index in [1.807, 2.05) is 42.5 Å². The molecule has 1 amide bonds. The SMILES string of the molecule is Cl.O=C(Nc1ccccc1N1CCCCC1)c1cc(-c2ccc(Cl)c(Cl)c2Cl)nc2ccccc12. The first-order valence-corrected chi connectivity index (χ1v) is 12.4. The minimum atomic E-state index is -0.208. The molecule has 0 spiro atoms. The van der Waals surface area contributed by atoms with Crippen LogP contribution < -0.4 is 10.2 Å². The molecule has 1 aliphatic rings. The average Bonchev–Trinajstić information content (AvgIpc) is 2.87. The highest BCUT2D eigenvalue weighted by molar-refractivity contribution is 6.49. The van der Waals surface area contributed by atoms with Crippen molar-refractivity contribution in [3.63, 3.8) is 0 Å². The Bertz CT molecular complexity index is 1390. The maximum absolute atomic E-state index is 13.6. The summed E-state index contributed by atoms with van der Waals surface area (Å²) >= 11 is 18.9. The monoisotopic (exact) mass is 545 g/mol. The fraction of sp³-hybridized carbons (Fsp3) is 0.185. The van der Waals surface area contributed by atoms with Gasteiger partial charge in [-0.1, -0.05) is 65.1 Å². The Kier molecular flexibility index (Phi) is 8.08. The number of hydrogen-bond acceptors (Lipinski definition) is 3. The van der Waals surface area contributed by atoms with E-state index in [1.165, 1.54) is 6.42 Å². The predicted octanol–water partition coefficient (Wildman–Crippen LogP) is 8.53. The van der Waals surface area contributed by atoms with Gasteiger partial charge in [-0.3, -0.25) is 4.79 Å². The van der Waals surface area contributed by atoms with Crippen LogP contribution in [0.5, 0.6) is 0 Å². The second-order valence-electron chi connectivity index (χ2n) is 8.31. The molecule has 1 N–H and O–H groups in total. The third-order valence-corrected chi connectivity index (χ3v) is 7.41. The molecule has 1 aliphatic heterocycles. The lowest BCUT2D eigenvalue weighted by Crippen LogP contribution is -2.30. The van der Waals surface area contributed by atoms with Crippen LogP contribution in [0, 0.1) is 0 Å². The van der Waals surface area contributed by atoms with Crippen molar-refractivity contribution in [1.29, 1.82) is 0 Å². The molecule has 0 atom stereocenters. The average molecular weight is 547 g/mol. The van der Waals surface area contributed by atoms with Crippen molar-refractivity contribution in [2.24, 2.45) is 0 Å². The standard InChI is InChI=1S/C27H22Cl3N3O.ClH/c28-20-13-12-18(25(29)26(20)30)23-16-19(17-8-2-3-9-21(17)31-23)27(34)32-22-10-4-5-11-24(22)33-14-6-1-7-15-33;/h2-5,8-13,16H,1,6-7,14-15H2,(H,32,34);1H. The Morgan fingerprint density at radius 1 is 0.857 bits per heavy atom. The minimum Gasteiger partial charge on any atom is -0.370 e. The van der Waals surface area contributed by atoms with Crippen LogP contribution in [0.1, 0.15) is 29.6 Å². The number of fused-ring (bicyclic) bond motifs is 1. The molecule has 1 saturated heterocycles. The normalized spacial score (nSPS) is 13.4. The highest BCUT2D eigenvalue weighted by atomic mass is 35.5. The number of benzene rings is 3. The number of anilines is 2. The van der Waals surface area contributed by atoms with E-state index in [-0.39, 0.29) is 23.3 Å². The molecular formula is C27H23Cl4N3O. The molecule has 1 fully saturated rings. The van der Waals surface area contributed by atoms with Gasteiger partial charge in [-0.05, 0) is 55.7 Å². The van der Waals surface area contributed by atoms with Crippen molar-refractivity contribution in [3.8, 4) is 11.3 Å². The molecule has 35 heavy (non-hydrogen) atoms. The van der Waals surface area contributed by atoms with E-state index < -0.39 is 0 Å². The van der Waals surface area contributed by atoms with Gasteiger partial charge in [0, 0.05) is 24.0 Å². The fourth-order valence-corrected chi connectivity index (χ4v) is 5.04. The summed E-state index contributed by atoms with van der Waals surface area (Å²) < 4.78 is 0. The van der Waals surface area contributed by atoms with Gasteiger partial charge < -0.3 is 10.2 Å². The van der Waals surface area contributed by atoms with Crippen molar-refractivity contribution in [3.05, 3.63) is 87.4 Å². The molecule has 4 nitrogen and oxygen atoms in total. The molecule has 1 aromatic heterocycles. The Hall–Kier alpha value is -2.50. The van der Waals surface area contributed by atoms with Gasteiger partial charge in [0.25, 0.3) is 5.91 Å². The molecule has 0 aliphatic carbocycles. The number of carbonyl (C=O) groups is 1. The number of rotatable bonds is 4. The number of carbonyl (C=O) groups excluding carboxylic acids is 1. The summed E-state index contributed by atoms with van der Waals surface area (Å²) in [4.78, 5) is 20.7. The van der Waals surface area contributed by atoms with E-state index >= 15 is 0 Å². The lowest BCUT2D eigenvalue weighted by Gasteiger charge is -2.30. The molecule has 2 heterocycles. The number of nitrogens with zero attached hydrogens (tertiary/aromatic N) is 2. The number of pyridine rings is 1. The van der Waals surface area contributed by atoms with Gasteiger partial charge in [0.2, 0.25) is 0 Å². The maximum Gasteiger partial charge on any atom is 0.256 e. The number of nitrogens with one attached hydrogen (secondary N) is 1. The van der Waals surface area contributed by atoms with Crippen molar-refractivity contribution in [2.75, 3.05) is 23.3 Å². The molecule has 8 heteroatoms. The van der Waals surface area contributed by atoms with Crippen LogP contribution in [-0.4, -0.2) is 24.0 Å². The third kappa shape index (κ3) is 5.22. The highest BCUT2D eigenvalue weighted by Gasteiger charge is 2.20. The van der Waals surface area contributed by atoms with Crippen molar-refractivity contribution < 1.29 is 4.79 Å². The van der Waals surface area contributed by atoms with Gasteiger partial charge in [-0.25, -0.2) is 4.98 Å². The maximum atomic E-state index is 13.6. The third-order valence-electron chi connectivity index (χ3n) is 6.12. The van der Waals surface area contributed by atoms with E-state index in [9.17, 15) is 4.79 Å². The molecule has 4 aromatic rings. The summed E-state index contributed by atoms with van der Waals surface area (Å²) in [5.41, 5.74) is 4.21. The van der Waals surface area contributed by atoms with Crippen LogP contribution in [0.4, 0.5) is 11.4 Å². The van der Waals surface area contributed by atoms with Crippen LogP contribution in [0.2, 0.25) is 15.1 Å². The molecule has 3 aromatic carbocycles. The van der Waals surface area contributed by atoms with E-state index in [0.717, 1.165) is 42.7 Å². The van der Waals surface area contributed by atoms with Gasteiger partial charge in [0.1, 0.15) is 0 Å². The first-order chi connectivity index (χ1) is 16.5. The topological polar surface area (TPSA) is 45.2 Å². The van der Waals surface area contributed by atoms with Gasteiger partial charge in [0.05, 0.1) is 43.2 Å². The molecule has 5 rings (SSSR count). The van der Waals surface area contributed by atoms with Crippen molar-refractivity contribution in [2.45, 2.75) is 19.3 Å². The zero-order valence-corrected chi connectivity index (χ0v) is 21.8. The van der Waals surface area contributed by atoms with E-state index in [1.54, 1.807) is 18.2 Å². The molecular weight excluding hydrogens is 524 g/mol. The van der Waals surface area contributed by atoms with Crippen LogP contribution >= 0.6 is 47.2 Å². The summed E-state index contributed by atoms with van der Waals surface area (Å²) in [6.07, 6.45) is 3.56. The van der Waals surface area contributed by atoms with Gasteiger partial charge in [-0.15, -0.1) is 12.4 Å². The second-order valence-corrected chi connectivity index (χ2v) is 9.48. The van der Waals surface area contributed by atoms with E-state index in [2.05, 4.69) is 16.3 Å². The van der Waals surface area contributed by atoms with E-state index in [4.69, 9.17) is 39.8 Å². The lowest BCUT2D eigenvalue weighted by atomic mass is 10.0. The fourth-order valence-electron chi connectivity index (χ4n) is 4.40. The smallest absolute Gasteiger partial charge is 0.256 e. The number of piperidine rings is 1. The number of para-hydroxylation sites is 3. The molecule has 0 radical (unpaired) electrons. The van der Waals surface area contributed by atoms with Gasteiger partial charge in [0.15, 0.2) is 0 Å². The Morgan fingerprint density at radius 2 is 1.57 bits per heavy atom. The number of halogens is 4. The minimum absolute atomic E-state index is 0. The Labute approximate surface area is 225 Å². The van der Waals surface area contributed by atoms with Crippen LogP contribution in [0.25, 0.3) is 22.2 Å². The Morgan fingerprint density at radius 3 is 2.37 bits per heavy atom. The second kappa shape index (κ2) is 11.0.